The highest BCUT2D eigenvalue weighted by atomic mass is 32.2. The molecule has 0 aromatic carbocycles. The first kappa shape index (κ1) is 19.6. The molecule has 0 saturated heterocycles. The Morgan fingerprint density at radius 3 is 2.86 bits per heavy atom. The van der Waals surface area contributed by atoms with Gasteiger partial charge in [0.25, 0.3) is 5.56 Å². The van der Waals surface area contributed by atoms with Crippen LogP contribution in [0.4, 0.5) is 0 Å². The van der Waals surface area contributed by atoms with Gasteiger partial charge in [-0.1, -0.05) is 43.1 Å². The highest BCUT2D eigenvalue weighted by Crippen LogP contribution is 2.38. The molecule has 8 heteroatoms. The second-order valence-corrected chi connectivity index (χ2v) is 9.78. The van der Waals surface area contributed by atoms with Crippen molar-refractivity contribution in [2.24, 2.45) is 0 Å². The van der Waals surface area contributed by atoms with Crippen molar-refractivity contribution >= 4 is 33.3 Å². The molecule has 0 spiro atoms. The monoisotopic (exact) mass is 418 g/mol. The number of thioether (sulfide) groups is 1. The van der Waals surface area contributed by atoms with Crippen molar-refractivity contribution in [3.63, 3.8) is 0 Å². The summed E-state index contributed by atoms with van der Waals surface area (Å²) in [4.78, 5) is 24.9. The van der Waals surface area contributed by atoms with E-state index in [1.54, 1.807) is 11.3 Å². The van der Waals surface area contributed by atoms with Crippen LogP contribution < -0.4 is 5.56 Å². The number of aryl methyl sites for hydroxylation is 3. The summed E-state index contributed by atoms with van der Waals surface area (Å²) in [5, 5.41) is 5.45. The molecule has 1 atom stereocenters. The van der Waals surface area contributed by atoms with Gasteiger partial charge in [-0.2, -0.15) is 4.98 Å². The maximum Gasteiger partial charge on any atom is 0.263 e. The van der Waals surface area contributed by atoms with Crippen molar-refractivity contribution in [3.8, 4) is 0 Å². The Kier molecular flexibility index (Phi) is 5.87. The molecular formula is C20H26N4O2S2. The number of aromatic nitrogens is 4. The van der Waals surface area contributed by atoms with E-state index in [9.17, 15) is 4.79 Å². The Bertz CT molecular complexity index is 1040. The van der Waals surface area contributed by atoms with Crippen LogP contribution in [0.25, 0.3) is 10.2 Å². The summed E-state index contributed by atoms with van der Waals surface area (Å²) in [5.41, 5.74) is 1.37. The van der Waals surface area contributed by atoms with Crippen LogP contribution in [0.15, 0.2) is 14.5 Å². The number of hydrogen-bond donors (Lipinski definition) is 0. The summed E-state index contributed by atoms with van der Waals surface area (Å²) in [6, 6.07) is 0. The highest BCUT2D eigenvalue weighted by molar-refractivity contribution is 7.99. The zero-order chi connectivity index (χ0) is 19.7. The predicted octanol–water partition coefficient (Wildman–Crippen LogP) is 5.07. The van der Waals surface area contributed by atoms with E-state index in [1.807, 2.05) is 18.4 Å². The topological polar surface area (TPSA) is 73.8 Å². The lowest BCUT2D eigenvalue weighted by Crippen LogP contribution is -2.23. The lowest BCUT2D eigenvalue weighted by Gasteiger charge is -2.14. The third-order valence-electron chi connectivity index (χ3n) is 5.20. The SMILES string of the molecule is CCCCCCn1c(SC(C)c2nc(C)no2)nc2sc3c(c2c1=O)CCC3. The maximum atomic E-state index is 13.4. The average molecular weight is 419 g/mol. The van der Waals surface area contributed by atoms with Crippen molar-refractivity contribution in [2.45, 2.75) is 82.7 Å². The van der Waals surface area contributed by atoms with Crippen LogP contribution in [0.5, 0.6) is 0 Å². The number of rotatable bonds is 8. The average Bonchev–Trinajstić information content (AvgIpc) is 3.36. The van der Waals surface area contributed by atoms with E-state index in [4.69, 9.17) is 9.51 Å². The minimum atomic E-state index is -0.0562. The van der Waals surface area contributed by atoms with Crippen LogP contribution in [-0.2, 0) is 19.4 Å². The molecular weight excluding hydrogens is 392 g/mol. The van der Waals surface area contributed by atoms with Gasteiger partial charge in [0, 0.05) is 11.4 Å². The molecule has 0 saturated carbocycles. The van der Waals surface area contributed by atoms with Gasteiger partial charge in [0.1, 0.15) is 4.83 Å². The summed E-state index contributed by atoms with van der Waals surface area (Å²) < 4.78 is 7.21. The van der Waals surface area contributed by atoms with E-state index in [-0.39, 0.29) is 10.8 Å². The largest absolute Gasteiger partial charge is 0.338 e. The summed E-state index contributed by atoms with van der Waals surface area (Å²) in [6.07, 6.45) is 7.73. The smallest absolute Gasteiger partial charge is 0.263 e. The second kappa shape index (κ2) is 8.37. The van der Waals surface area contributed by atoms with Gasteiger partial charge in [0.15, 0.2) is 11.0 Å². The van der Waals surface area contributed by atoms with Gasteiger partial charge in [0.05, 0.1) is 10.6 Å². The van der Waals surface area contributed by atoms with Crippen LogP contribution >= 0.6 is 23.1 Å². The summed E-state index contributed by atoms with van der Waals surface area (Å²) in [6.45, 7) is 6.74. The number of fused-ring (bicyclic) bond motifs is 3. The van der Waals surface area contributed by atoms with E-state index in [2.05, 4.69) is 17.1 Å². The van der Waals surface area contributed by atoms with E-state index in [0.29, 0.717) is 18.3 Å². The molecule has 6 nitrogen and oxygen atoms in total. The van der Waals surface area contributed by atoms with Crippen molar-refractivity contribution in [1.29, 1.82) is 0 Å². The van der Waals surface area contributed by atoms with Gasteiger partial charge in [-0.05, 0) is 45.1 Å². The Morgan fingerprint density at radius 1 is 1.25 bits per heavy atom. The fraction of sp³-hybridized carbons (Fsp3) is 0.600. The summed E-state index contributed by atoms with van der Waals surface area (Å²) in [7, 11) is 0. The van der Waals surface area contributed by atoms with Gasteiger partial charge in [-0.3, -0.25) is 9.36 Å². The first-order valence-corrected chi connectivity index (χ1v) is 11.8. The van der Waals surface area contributed by atoms with Crippen molar-refractivity contribution in [2.75, 3.05) is 0 Å². The molecule has 0 radical (unpaired) electrons. The van der Waals surface area contributed by atoms with E-state index < -0.39 is 0 Å². The number of hydrogen-bond acceptors (Lipinski definition) is 7. The van der Waals surface area contributed by atoms with Crippen LogP contribution in [0.1, 0.15) is 73.4 Å². The third kappa shape index (κ3) is 3.76. The van der Waals surface area contributed by atoms with E-state index in [1.165, 1.54) is 35.0 Å². The molecule has 3 heterocycles. The molecule has 28 heavy (non-hydrogen) atoms. The van der Waals surface area contributed by atoms with Crippen LogP contribution in [0.2, 0.25) is 0 Å². The lowest BCUT2D eigenvalue weighted by atomic mass is 10.2. The Morgan fingerprint density at radius 2 is 2.11 bits per heavy atom. The predicted molar refractivity (Wildman–Crippen MR) is 113 cm³/mol. The Balaban J connectivity index is 1.71. The van der Waals surface area contributed by atoms with E-state index >= 15 is 0 Å². The molecule has 0 amide bonds. The summed E-state index contributed by atoms with van der Waals surface area (Å²) >= 11 is 3.23. The molecule has 0 N–H and O–H groups in total. The molecule has 4 rings (SSSR count). The highest BCUT2D eigenvalue weighted by Gasteiger charge is 2.25. The standard InChI is InChI=1S/C20H26N4O2S2/c1-4-5-6-7-11-24-19(25)16-14-9-8-10-15(14)28-18(16)22-20(24)27-12(2)17-21-13(3)23-26-17/h12H,4-11H2,1-3H3. The molecule has 0 aliphatic heterocycles. The van der Waals surface area contributed by atoms with Gasteiger partial charge >= 0.3 is 0 Å². The van der Waals surface area contributed by atoms with Gasteiger partial charge < -0.3 is 4.52 Å². The van der Waals surface area contributed by atoms with Gasteiger partial charge in [-0.25, -0.2) is 4.98 Å². The normalized spacial score (nSPS) is 14.7. The zero-order valence-electron chi connectivity index (χ0n) is 16.7. The molecule has 150 valence electrons. The van der Waals surface area contributed by atoms with Crippen LogP contribution in [0, 0.1) is 6.92 Å². The Hall–Kier alpha value is -1.67. The fourth-order valence-corrected chi connectivity index (χ4v) is 6.00. The molecule has 1 unspecified atom stereocenters. The minimum Gasteiger partial charge on any atom is -0.338 e. The first-order valence-electron chi connectivity index (χ1n) is 10.1. The van der Waals surface area contributed by atoms with Crippen molar-refractivity contribution in [3.05, 3.63) is 32.5 Å². The van der Waals surface area contributed by atoms with Crippen LogP contribution in [-0.4, -0.2) is 19.7 Å². The summed E-state index contributed by atoms with van der Waals surface area (Å²) in [5.74, 6) is 1.19. The molecule has 3 aromatic heterocycles. The van der Waals surface area contributed by atoms with E-state index in [0.717, 1.165) is 47.5 Å². The number of nitrogens with zero attached hydrogens (tertiary/aromatic N) is 4. The number of thiophene rings is 1. The number of unbranched alkanes of at least 4 members (excludes halogenated alkanes) is 3. The fourth-order valence-electron chi connectivity index (χ4n) is 3.73. The lowest BCUT2D eigenvalue weighted by molar-refractivity contribution is 0.376. The van der Waals surface area contributed by atoms with Crippen LogP contribution in [0.3, 0.4) is 0 Å². The molecule has 1 aliphatic rings. The Labute approximate surface area is 172 Å². The molecule has 3 aromatic rings. The second-order valence-electron chi connectivity index (χ2n) is 7.39. The van der Waals surface area contributed by atoms with Crippen molar-refractivity contribution < 1.29 is 4.52 Å². The van der Waals surface area contributed by atoms with Gasteiger partial charge in [0.2, 0.25) is 5.89 Å². The molecule has 0 bridgehead atoms. The molecule has 0 fully saturated rings. The third-order valence-corrected chi connectivity index (χ3v) is 7.46. The maximum absolute atomic E-state index is 13.4. The van der Waals surface area contributed by atoms with Gasteiger partial charge in [-0.15, -0.1) is 11.3 Å². The minimum absolute atomic E-state index is 0.0562. The zero-order valence-corrected chi connectivity index (χ0v) is 18.3. The quantitative estimate of drug-likeness (QED) is 0.289. The van der Waals surface area contributed by atoms with Crippen molar-refractivity contribution in [1.82, 2.24) is 19.7 Å². The first-order chi connectivity index (χ1) is 13.6. The molecule has 1 aliphatic carbocycles.